The number of ketones is 1. The molecule has 0 aliphatic heterocycles. The molecular weight excluding hydrogens is 207 g/mol. The Hall–Kier alpha value is -2.46. The molecule has 0 aromatic heterocycles. The van der Waals surface area contributed by atoms with Gasteiger partial charge in [-0.3, -0.25) is 4.79 Å². The van der Waals surface area contributed by atoms with Crippen LogP contribution in [-0.4, -0.2) is 5.78 Å². The van der Waals surface area contributed by atoms with Crippen molar-refractivity contribution in [2.75, 3.05) is 0 Å². The van der Waals surface area contributed by atoms with Gasteiger partial charge in [-0.15, -0.1) is 0 Å². The van der Waals surface area contributed by atoms with Gasteiger partial charge in [0.1, 0.15) is 23.5 Å². The number of hydrogen-bond acceptors (Lipinski definition) is 3. The minimum atomic E-state index is -0.496. The lowest BCUT2D eigenvalue weighted by Gasteiger charge is -1.98. The first-order chi connectivity index (χ1) is 7.67. The van der Waals surface area contributed by atoms with Gasteiger partial charge < -0.3 is 0 Å². The summed E-state index contributed by atoms with van der Waals surface area (Å²) in [6.45, 7) is 0. The van der Waals surface area contributed by atoms with Crippen molar-refractivity contribution in [3.05, 3.63) is 40.7 Å². The number of rotatable bonds is 0. The quantitative estimate of drug-likeness (QED) is 0.619. The fourth-order valence-corrected chi connectivity index (χ4v) is 1.74. The van der Waals surface area contributed by atoms with Gasteiger partial charge in [-0.05, 0) is 23.3 Å². The number of nitriles is 2. The molecule has 1 aromatic rings. The van der Waals surface area contributed by atoms with E-state index in [1.807, 2.05) is 0 Å². The average Bonchev–Trinajstić information content (AvgIpc) is 2.58. The van der Waals surface area contributed by atoms with Gasteiger partial charge in [-0.2, -0.15) is 10.5 Å². The average molecular weight is 212 g/mol. The van der Waals surface area contributed by atoms with E-state index in [0.29, 0.717) is 11.1 Å². The Morgan fingerprint density at radius 2 is 1.94 bits per heavy atom. The lowest BCUT2D eigenvalue weighted by molar-refractivity contribution is 0.100. The third kappa shape index (κ3) is 1.37. The molecule has 3 nitrogen and oxygen atoms in total. The van der Waals surface area contributed by atoms with Crippen molar-refractivity contribution in [2.24, 2.45) is 0 Å². The molecule has 0 N–H and O–H groups in total. The van der Waals surface area contributed by atoms with Crippen molar-refractivity contribution >= 4 is 11.4 Å². The summed E-state index contributed by atoms with van der Waals surface area (Å²) in [6.07, 6.45) is -0.00472. The highest BCUT2D eigenvalue weighted by Gasteiger charge is 2.27. The van der Waals surface area contributed by atoms with Gasteiger partial charge in [0.25, 0.3) is 0 Å². The van der Waals surface area contributed by atoms with Crippen molar-refractivity contribution in [3.63, 3.8) is 0 Å². The molecule has 0 bridgehead atoms. The molecule has 0 fully saturated rings. The number of fused-ring (bicyclic) bond motifs is 1. The van der Waals surface area contributed by atoms with Crippen molar-refractivity contribution in [3.8, 4) is 12.1 Å². The minimum absolute atomic E-state index is 0.00472. The Balaban J connectivity index is 2.72. The first-order valence-corrected chi connectivity index (χ1v) is 4.54. The van der Waals surface area contributed by atoms with E-state index in [0.717, 1.165) is 6.07 Å². The van der Waals surface area contributed by atoms with E-state index in [4.69, 9.17) is 10.5 Å². The third-order valence-electron chi connectivity index (χ3n) is 2.47. The second-order valence-electron chi connectivity index (χ2n) is 3.37. The summed E-state index contributed by atoms with van der Waals surface area (Å²) in [6, 6.07) is 7.26. The summed E-state index contributed by atoms with van der Waals surface area (Å²) in [5.41, 5.74) is 1.05. The van der Waals surface area contributed by atoms with E-state index in [9.17, 15) is 9.18 Å². The first-order valence-electron chi connectivity index (χ1n) is 4.54. The summed E-state index contributed by atoms with van der Waals surface area (Å²) >= 11 is 0. The fraction of sp³-hybridized carbons (Fsp3) is 0.0833. The number of hydrogen-bond donors (Lipinski definition) is 0. The molecule has 0 amide bonds. The smallest absolute Gasteiger partial charge is 0.168 e. The summed E-state index contributed by atoms with van der Waals surface area (Å²) in [4.78, 5) is 11.5. The summed E-state index contributed by atoms with van der Waals surface area (Å²) in [5.74, 6) is -0.753. The summed E-state index contributed by atoms with van der Waals surface area (Å²) < 4.78 is 12.9. The van der Waals surface area contributed by atoms with Crippen molar-refractivity contribution in [1.82, 2.24) is 0 Å². The topological polar surface area (TPSA) is 64.7 Å². The zero-order valence-electron chi connectivity index (χ0n) is 8.12. The molecule has 0 unspecified atom stereocenters. The molecule has 0 atom stereocenters. The molecule has 76 valence electrons. The van der Waals surface area contributed by atoms with E-state index in [1.165, 1.54) is 12.1 Å². The molecule has 2 rings (SSSR count). The number of benzene rings is 1. The van der Waals surface area contributed by atoms with Crippen LogP contribution in [0.2, 0.25) is 0 Å². The lowest BCUT2D eigenvalue weighted by Crippen LogP contribution is -1.91. The predicted molar refractivity (Wildman–Crippen MR) is 53.5 cm³/mol. The Bertz CT molecular complexity index is 586. The number of allylic oxidation sites excluding steroid dienone is 2. The second-order valence-corrected chi connectivity index (χ2v) is 3.37. The number of nitrogens with zero attached hydrogens (tertiary/aromatic N) is 2. The lowest BCUT2D eigenvalue weighted by atomic mass is 10.0. The highest BCUT2D eigenvalue weighted by molar-refractivity contribution is 6.13. The van der Waals surface area contributed by atoms with E-state index in [1.54, 1.807) is 12.1 Å². The number of Topliss-reactive ketones (excluding diaryl/α,β-unsaturated/α-hetero) is 1. The zero-order valence-corrected chi connectivity index (χ0v) is 8.12. The van der Waals surface area contributed by atoms with Gasteiger partial charge in [-0.25, -0.2) is 4.39 Å². The van der Waals surface area contributed by atoms with Gasteiger partial charge in [0, 0.05) is 12.0 Å². The van der Waals surface area contributed by atoms with Gasteiger partial charge in [0.05, 0.1) is 0 Å². The summed E-state index contributed by atoms with van der Waals surface area (Å²) in [5, 5.41) is 17.5. The van der Waals surface area contributed by atoms with Crippen LogP contribution in [0.25, 0.3) is 5.57 Å². The van der Waals surface area contributed by atoms with Crippen LogP contribution in [0.4, 0.5) is 4.39 Å². The van der Waals surface area contributed by atoms with Crippen LogP contribution >= 0.6 is 0 Å². The predicted octanol–water partition coefficient (Wildman–Crippen LogP) is 2.21. The van der Waals surface area contributed by atoms with Crippen LogP contribution < -0.4 is 0 Å². The maximum Gasteiger partial charge on any atom is 0.168 e. The van der Waals surface area contributed by atoms with Crippen LogP contribution in [0.3, 0.4) is 0 Å². The molecule has 0 heterocycles. The van der Waals surface area contributed by atoms with Crippen molar-refractivity contribution in [1.29, 1.82) is 10.5 Å². The van der Waals surface area contributed by atoms with Crippen LogP contribution in [0.1, 0.15) is 22.3 Å². The molecule has 0 radical (unpaired) electrons. The zero-order chi connectivity index (χ0) is 11.7. The van der Waals surface area contributed by atoms with Crippen LogP contribution in [-0.2, 0) is 0 Å². The fourth-order valence-electron chi connectivity index (χ4n) is 1.74. The maximum atomic E-state index is 12.9. The highest BCUT2D eigenvalue weighted by Crippen LogP contribution is 2.34. The number of carbonyl (C=O) groups excluding carboxylic acids is 1. The minimum Gasteiger partial charge on any atom is -0.294 e. The molecular formula is C12H5FN2O. The van der Waals surface area contributed by atoms with E-state index in [2.05, 4.69) is 0 Å². The Morgan fingerprint density at radius 3 is 2.56 bits per heavy atom. The van der Waals surface area contributed by atoms with Gasteiger partial charge in [0.2, 0.25) is 0 Å². The van der Waals surface area contributed by atoms with E-state index >= 15 is 0 Å². The molecule has 4 heteroatoms. The van der Waals surface area contributed by atoms with Crippen LogP contribution in [0.15, 0.2) is 23.8 Å². The van der Waals surface area contributed by atoms with Crippen LogP contribution in [0.5, 0.6) is 0 Å². The second kappa shape index (κ2) is 3.60. The maximum absolute atomic E-state index is 12.9. The Morgan fingerprint density at radius 1 is 1.25 bits per heavy atom. The van der Waals surface area contributed by atoms with E-state index in [-0.39, 0.29) is 23.3 Å². The van der Waals surface area contributed by atoms with Crippen molar-refractivity contribution in [2.45, 2.75) is 6.42 Å². The standard InChI is InChI=1S/C12H5FN2O/c13-8-1-2-9-10(7(5-14)6-15)4-12(16)11(9)3-8/h1-3H,4H2. The molecule has 1 aromatic carbocycles. The highest BCUT2D eigenvalue weighted by atomic mass is 19.1. The Labute approximate surface area is 91.0 Å². The molecule has 0 saturated heterocycles. The largest absolute Gasteiger partial charge is 0.294 e. The molecule has 0 spiro atoms. The van der Waals surface area contributed by atoms with Gasteiger partial charge in [0.15, 0.2) is 5.78 Å². The SMILES string of the molecule is N#CC(C#N)=C1CC(=O)c2cc(F)ccc21. The van der Waals surface area contributed by atoms with Gasteiger partial charge >= 0.3 is 0 Å². The van der Waals surface area contributed by atoms with Crippen LogP contribution in [0, 0.1) is 28.5 Å². The van der Waals surface area contributed by atoms with E-state index < -0.39 is 5.82 Å². The normalized spacial score (nSPS) is 12.9. The van der Waals surface area contributed by atoms with Crippen molar-refractivity contribution < 1.29 is 9.18 Å². The molecule has 16 heavy (non-hydrogen) atoms. The monoisotopic (exact) mass is 212 g/mol. The Kier molecular flexibility index (Phi) is 2.27. The number of carbonyl (C=O) groups is 1. The third-order valence-corrected chi connectivity index (χ3v) is 2.47. The molecule has 1 aliphatic carbocycles. The molecule has 1 aliphatic rings. The molecule has 0 saturated carbocycles. The number of halogens is 1. The first kappa shape index (κ1) is 10.1. The summed E-state index contributed by atoms with van der Waals surface area (Å²) in [7, 11) is 0. The van der Waals surface area contributed by atoms with Gasteiger partial charge in [-0.1, -0.05) is 6.07 Å².